The van der Waals surface area contributed by atoms with Gasteiger partial charge in [0.05, 0.1) is 6.04 Å². The monoisotopic (exact) mass is 365 g/mol. The van der Waals surface area contributed by atoms with E-state index in [1.54, 1.807) is 0 Å². The minimum absolute atomic E-state index is 0.0399. The molecule has 0 heterocycles. The van der Waals surface area contributed by atoms with E-state index in [9.17, 15) is 4.79 Å². The molecule has 0 aliphatic carbocycles. The molecule has 0 saturated heterocycles. The maximum Gasteiger partial charge on any atom is 0.258 e. The third-order valence-electron chi connectivity index (χ3n) is 4.08. The molecule has 0 radical (unpaired) electrons. The van der Waals surface area contributed by atoms with Gasteiger partial charge >= 0.3 is 0 Å². The standard InChI is InChI=1S/C22H20ClNO2/c1-16(17-11-13-19(23)14-12-17)24-22(25)15-26-21-10-6-5-9-20(21)18-7-3-2-4-8-18/h2-14,16H,15H2,1H3,(H,24,25)/t16-/m0/s1. The molecule has 4 heteroatoms. The van der Waals surface area contributed by atoms with Gasteiger partial charge in [0.15, 0.2) is 6.61 Å². The van der Waals surface area contributed by atoms with E-state index in [4.69, 9.17) is 16.3 Å². The van der Waals surface area contributed by atoms with Gasteiger partial charge in [-0.2, -0.15) is 0 Å². The van der Waals surface area contributed by atoms with Crippen molar-refractivity contribution in [2.45, 2.75) is 13.0 Å². The Morgan fingerprint density at radius 1 is 0.962 bits per heavy atom. The Balaban J connectivity index is 1.62. The number of hydrogen-bond acceptors (Lipinski definition) is 2. The molecule has 26 heavy (non-hydrogen) atoms. The summed E-state index contributed by atoms with van der Waals surface area (Å²) in [6, 6.07) is 25.0. The molecule has 3 rings (SSSR count). The number of para-hydroxylation sites is 1. The number of carbonyl (C=O) groups is 1. The van der Waals surface area contributed by atoms with Crippen molar-refractivity contribution < 1.29 is 9.53 Å². The van der Waals surface area contributed by atoms with Crippen LogP contribution in [0.25, 0.3) is 11.1 Å². The molecule has 0 aliphatic heterocycles. The molecular formula is C22H20ClNO2. The average molecular weight is 366 g/mol. The van der Waals surface area contributed by atoms with Crippen LogP contribution in [0, 0.1) is 0 Å². The molecule has 0 bridgehead atoms. The van der Waals surface area contributed by atoms with Gasteiger partial charge in [-0.25, -0.2) is 0 Å². The molecule has 3 nitrogen and oxygen atoms in total. The summed E-state index contributed by atoms with van der Waals surface area (Å²) < 4.78 is 5.78. The molecule has 3 aromatic carbocycles. The molecule has 0 unspecified atom stereocenters. The molecule has 0 spiro atoms. The second kappa shape index (κ2) is 8.54. The first-order valence-electron chi connectivity index (χ1n) is 8.45. The third kappa shape index (κ3) is 4.64. The first kappa shape index (κ1) is 18.0. The van der Waals surface area contributed by atoms with Crippen molar-refractivity contribution in [3.05, 3.63) is 89.4 Å². The van der Waals surface area contributed by atoms with Gasteiger partial charge in [0.2, 0.25) is 0 Å². The van der Waals surface area contributed by atoms with Crippen molar-refractivity contribution in [1.82, 2.24) is 5.32 Å². The van der Waals surface area contributed by atoms with Crippen molar-refractivity contribution in [3.63, 3.8) is 0 Å². The number of hydrogen-bond donors (Lipinski definition) is 1. The molecule has 0 saturated carbocycles. The molecule has 3 aromatic rings. The van der Waals surface area contributed by atoms with Crippen molar-refractivity contribution in [1.29, 1.82) is 0 Å². The lowest BCUT2D eigenvalue weighted by Gasteiger charge is -2.16. The van der Waals surface area contributed by atoms with Crippen LogP contribution in [0.1, 0.15) is 18.5 Å². The Morgan fingerprint density at radius 3 is 2.35 bits per heavy atom. The Morgan fingerprint density at radius 2 is 1.62 bits per heavy atom. The number of nitrogens with one attached hydrogen (secondary N) is 1. The van der Waals surface area contributed by atoms with Crippen LogP contribution in [-0.4, -0.2) is 12.5 Å². The number of carbonyl (C=O) groups excluding carboxylic acids is 1. The number of halogens is 1. The second-order valence-electron chi connectivity index (χ2n) is 5.99. The van der Waals surface area contributed by atoms with E-state index in [-0.39, 0.29) is 18.6 Å². The van der Waals surface area contributed by atoms with Crippen molar-refractivity contribution in [2.75, 3.05) is 6.61 Å². The topological polar surface area (TPSA) is 38.3 Å². The zero-order valence-corrected chi connectivity index (χ0v) is 15.2. The van der Waals surface area contributed by atoms with Gasteiger partial charge in [-0.1, -0.05) is 72.3 Å². The predicted molar refractivity (Wildman–Crippen MR) is 105 cm³/mol. The van der Waals surface area contributed by atoms with Gasteiger partial charge < -0.3 is 10.1 Å². The minimum atomic E-state index is -0.171. The van der Waals surface area contributed by atoms with Crippen LogP contribution < -0.4 is 10.1 Å². The summed E-state index contributed by atoms with van der Waals surface area (Å²) in [6.45, 7) is 1.89. The molecule has 1 N–H and O–H groups in total. The molecule has 0 fully saturated rings. The van der Waals surface area contributed by atoms with Gasteiger partial charge in [0.1, 0.15) is 5.75 Å². The quantitative estimate of drug-likeness (QED) is 0.646. The number of amides is 1. The fraction of sp³-hybridized carbons (Fsp3) is 0.136. The average Bonchev–Trinajstić information content (AvgIpc) is 2.68. The Hall–Kier alpha value is -2.78. The van der Waals surface area contributed by atoms with Crippen molar-refractivity contribution in [2.24, 2.45) is 0 Å². The predicted octanol–water partition coefficient (Wildman–Crippen LogP) is 5.26. The summed E-state index contributed by atoms with van der Waals surface area (Å²) in [6.07, 6.45) is 0. The summed E-state index contributed by atoms with van der Waals surface area (Å²) in [5.74, 6) is 0.517. The Labute approximate surface area is 158 Å². The first-order chi connectivity index (χ1) is 12.6. The van der Waals surface area contributed by atoms with E-state index in [0.29, 0.717) is 10.8 Å². The van der Waals surface area contributed by atoms with Crippen LogP contribution in [0.5, 0.6) is 5.75 Å². The van der Waals surface area contributed by atoms with Gasteiger partial charge in [0.25, 0.3) is 5.91 Å². The number of rotatable bonds is 6. The molecule has 132 valence electrons. The van der Waals surface area contributed by atoms with Crippen LogP contribution >= 0.6 is 11.6 Å². The highest BCUT2D eigenvalue weighted by molar-refractivity contribution is 6.30. The van der Waals surface area contributed by atoms with E-state index in [0.717, 1.165) is 16.7 Å². The van der Waals surface area contributed by atoms with Gasteiger partial charge in [0, 0.05) is 10.6 Å². The minimum Gasteiger partial charge on any atom is -0.483 e. The van der Waals surface area contributed by atoms with Crippen LogP contribution in [0.15, 0.2) is 78.9 Å². The maximum atomic E-state index is 12.3. The van der Waals surface area contributed by atoms with Gasteiger partial charge in [-0.3, -0.25) is 4.79 Å². The zero-order chi connectivity index (χ0) is 18.4. The fourth-order valence-electron chi connectivity index (χ4n) is 2.71. The van der Waals surface area contributed by atoms with E-state index in [2.05, 4.69) is 5.32 Å². The Bertz CT molecular complexity index is 863. The zero-order valence-electron chi connectivity index (χ0n) is 14.5. The van der Waals surface area contributed by atoms with Crippen LogP contribution in [0.3, 0.4) is 0 Å². The molecule has 0 aromatic heterocycles. The smallest absolute Gasteiger partial charge is 0.258 e. The normalized spacial score (nSPS) is 11.6. The molecular weight excluding hydrogens is 346 g/mol. The van der Waals surface area contributed by atoms with Crippen LogP contribution in [0.2, 0.25) is 5.02 Å². The van der Waals surface area contributed by atoms with Crippen molar-refractivity contribution in [3.8, 4) is 16.9 Å². The second-order valence-corrected chi connectivity index (χ2v) is 6.43. The van der Waals surface area contributed by atoms with E-state index in [1.165, 1.54) is 0 Å². The SMILES string of the molecule is C[C@H](NC(=O)COc1ccccc1-c1ccccc1)c1ccc(Cl)cc1. The fourth-order valence-corrected chi connectivity index (χ4v) is 2.84. The van der Waals surface area contributed by atoms with Gasteiger partial charge in [-0.05, 0) is 36.2 Å². The van der Waals surface area contributed by atoms with E-state index < -0.39 is 0 Å². The van der Waals surface area contributed by atoms with Crippen LogP contribution in [-0.2, 0) is 4.79 Å². The summed E-state index contributed by atoms with van der Waals surface area (Å²) in [5.41, 5.74) is 3.01. The highest BCUT2D eigenvalue weighted by Crippen LogP contribution is 2.29. The molecule has 1 atom stereocenters. The molecule has 1 amide bonds. The van der Waals surface area contributed by atoms with E-state index in [1.807, 2.05) is 85.8 Å². The number of benzene rings is 3. The molecule has 0 aliphatic rings. The Kier molecular flexibility index (Phi) is 5.92. The summed E-state index contributed by atoms with van der Waals surface area (Å²) in [4.78, 5) is 12.3. The maximum absolute atomic E-state index is 12.3. The largest absolute Gasteiger partial charge is 0.483 e. The van der Waals surface area contributed by atoms with Gasteiger partial charge in [-0.15, -0.1) is 0 Å². The van der Waals surface area contributed by atoms with E-state index >= 15 is 0 Å². The summed E-state index contributed by atoms with van der Waals surface area (Å²) >= 11 is 5.90. The highest BCUT2D eigenvalue weighted by atomic mass is 35.5. The lowest BCUT2D eigenvalue weighted by atomic mass is 10.1. The number of ether oxygens (including phenoxy) is 1. The summed E-state index contributed by atoms with van der Waals surface area (Å²) in [7, 11) is 0. The lowest BCUT2D eigenvalue weighted by molar-refractivity contribution is -0.123. The van der Waals surface area contributed by atoms with Crippen molar-refractivity contribution >= 4 is 17.5 Å². The van der Waals surface area contributed by atoms with Crippen LogP contribution in [0.4, 0.5) is 0 Å². The lowest BCUT2D eigenvalue weighted by Crippen LogP contribution is -2.31. The highest BCUT2D eigenvalue weighted by Gasteiger charge is 2.12. The first-order valence-corrected chi connectivity index (χ1v) is 8.83. The summed E-state index contributed by atoms with van der Waals surface area (Å²) in [5, 5.41) is 3.61. The third-order valence-corrected chi connectivity index (χ3v) is 4.33.